The van der Waals surface area contributed by atoms with E-state index in [1.54, 1.807) is 0 Å². The molecule has 2 aliphatic rings. The summed E-state index contributed by atoms with van der Waals surface area (Å²) in [6, 6.07) is 0.617. The zero-order valence-electron chi connectivity index (χ0n) is 12.4. The third kappa shape index (κ3) is 3.25. The van der Waals surface area contributed by atoms with Gasteiger partial charge in [-0.3, -0.25) is 4.90 Å². The SMILES string of the molecule is CCNC(CC1CCC1)C(C)(C)N1CCOCC1. The summed E-state index contributed by atoms with van der Waals surface area (Å²) in [5, 5.41) is 3.74. The number of hydrogen-bond donors (Lipinski definition) is 1. The van der Waals surface area contributed by atoms with Crippen LogP contribution in [0.15, 0.2) is 0 Å². The van der Waals surface area contributed by atoms with E-state index in [-0.39, 0.29) is 5.54 Å². The van der Waals surface area contributed by atoms with Gasteiger partial charge in [0.2, 0.25) is 0 Å². The van der Waals surface area contributed by atoms with Gasteiger partial charge in [-0.1, -0.05) is 26.2 Å². The molecule has 0 amide bonds. The van der Waals surface area contributed by atoms with E-state index in [1.807, 2.05) is 0 Å². The normalized spacial score (nSPS) is 24.8. The van der Waals surface area contributed by atoms with Gasteiger partial charge >= 0.3 is 0 Å². The van der Waals surface area contributed by atoms with Crippen molar-refractivity contribution < 1.29 is 4.74 Å². The Kier molecular flexibility index (Phi) is 5.05. The second-order valence-electron chi connectivity index (χ2n) is 6.40. The lowest BCUT2D eigenvalue weighted by Crippen LogP contribution is -2.61. The second-order valence-corrected chi connectivity index (χ2v) is 6.40. The molecule has 0 radical (unpaired) electrons. The predicted octanol–water partition coefficient (Wildman–Crippen LogP) is 2.27. The molecule has 1 N–H and O–H groups in total. The van der Waals surface area contributed by atoms with Crippen LogP contribution in [0, 0.1) is 5.92 Å². The van der Waals surface area contributed by atoms with Crippen LogP contribution in [0.5, 0.6) is 0 Å². The van der Waals surface area contributed by atoms with Crippen molar-refractivity contribution in [1.29, 1.82) is 0 Å². The highest BCUT2D eigenvalue weighted by atomic mass is 16.5. The Morgan fingerprint density at radius 1 is 1.28 bits per heavy atom. The highest BCUT2D eigenvalue weighted by Crippen LogP contribution is 2.34. The summed E-state index contributed by atoms with van der Waals surface area (Å²) in [5.41, 5.74) is 0.245. The molecular weight excluding hydrogens is 224 g/mol. The third-order valence-electron chi connectivity index (χ3n) is 4.92. The average molecular weight is 254 g/mol. The zero-order chi connectivity index (χ0) is 13.0. The lowest BCUT2D eigenvalue weighted by atomic mass is 9.76. The summed E-state index contributed by atoms with van der Waals surface area (Å²) < 4.78 is 5.49. The molecule has 3 heteroatoms. The first kappa shape index (κ1) is 14.3. The van der Waals surface area contributed by atoms with Crippen molar-refractivity contribution in [1.82, 2.24) is 10.2 Å². The van der Waals surface area contributed by atoms with Gasteiger partial charge in [-0.2, -0.15) is 0 Å². The predicted molar refractivity (Wildman–Crippen MR) is 75.9 cm³/mol. The van der Waals surface area contributed by atoms with Crippen molar-refractivity contribution in [3.63, 3.8) is 0 Å². The molecule has 1 saturated carbocycles. The molecule has 0 spiro atoms. The molecule has 1 atom stereocenters. The lowest BCUT2D eigenvalue weighted by molar-refractivity contribution is -0.0276. The maximum atomic E-state index is 5.49. The van der Waals surface area contributed by atoms with Gasteiger partial charge in [0, 0.05) is 24.7 Å². The van der Waals surface area contributed by atoms with Crippen LogP contribution in [-0.2, 0) is 4.74 Å². The van der Waals surface area contributed by atoms with E-state index < -0.39 is 0 Å². The number of hydrogen-bond acceptors (Lipinski definition) is 3. The minimum Gasteiger partial charge on any atom is -0.379 e. The Balaban J connectivity index is 1.96. The van der Waals surface area contributed by atoms with Crippen molar-refractivity contribution in [2.24, 2.45) is 5.92 Å². The molecule has 1 heterocycles. The van der Waals surface area contributed by atoms with Crippen molar-refractivity contribution in [2.75, 3.05) is 32.8 Å². The van der Waals surface area contributed by atoms with Gasteiger partial charge in [-0.05, 0) is 32.7 Å². The molecule has 0 aromatic heterocycles. The first-order valence-corrected chi connectivity index (χ1v) is 7.70. The standard InChI is InChI=1S/C15H30N2O/c1-4-16-14(12-13-6-5-7-13)15(2,3)17-8-10-18-11-9-17/h13-14,16H,4-12H2,1-3H3. The van der Waals surface area contributed by atoms with Crippen LogP contribution in [0.4, 0.5) is 0 Å². The van der Waals surface area contributed by atoms with Crippen LogP contribution >= 0.6 is 0 Å². The average Bonchev–Trinajstić information content (AvgIpc) is 2.33. The van der Waals surface area contributed by atoms with Gasteiger partial charge in [0.15, 0.2) is 0 Å². The number of nitrogens with one attached hydrogen (secondary N) is 1. The van der Waals surface area contributed by atoms with Crippen LogP contribution in [0.1, 0.15) is 46.5 Å². The monoisotopic (exact) mass is 254 g/mol. The quantitative estimate of drug-likeness (QED) is 0.787. The number of morpholine rings is 1. The van der Waals surface area contributed by atoms with Crippen LogP contribution in [0.3, 0.4) is 0 Å². The number of rotatable bonds is 6. The minimum atomic E-state index is 0.245. The molecular formula is C15H30N2O. The second kappa shape index (κ2) is 6.36. The number of nitrogens with zero attached hydrogens (tertiary/aromatic N) is 1. The summed E-state index contributed by atoms with van der Waals surface area (Å²) in [6.45, 7) is 12.1. The zero-order valence-corrected chi connectivity index (χ0v) is 12.4. The molecule has 0 aromatic rings. The van der Waals surface area contributed by atoms with E-state index in [4.69, 9.17) is 4.74 Å². The summed E-state index contributed by atoms with van der Waals surface area (Å²) in [6.07, 6.45) is 5.68. The number of likely N-dealkylation sites (N-methyl/N-ethyl adjacent to an activating group) is 1. The largest absolute Gasteiger partial charge is 0.379 e. The van der Waals surface area contributed by atoms with Gasteiger partial charge < -0.3 is 10.1 Å². The fraction of sp³-hybridized carbons (Fsp3) is 1.00. The van der Waals surface area contributed by atoms with Gasteiger partial charge in [0.25, 0.3) is 0 Å². The Bertz CT molecular complexity index is 245. The lowest BCUT2D eigenvalue weighted by Gasteiger charge is -2.47. The maximum absolute atomic E-state index is 5.49. The highest BCUT2D eigenvalue weighted by Gasteiger charge is 2.37. The van der Waals surface area contributed by atoms with Crippen LogP contribution in [-0.4, -0.2) is 49.3 Å². The first-order valence-electron chi connectivity index (χ1n) is 7.70. The highest BCUT2D eigenvalue weighted by molar-refractivity contribution is 4.96. The summed E-state index contributed by atoms with van der Waals surface area (Å²) >= 11 is 0. The molecule has 1 aliphatic carbocycles. The Labute approximate surface area is 112 Å². The van der Waals surface area contributed by atoms with Gasteiger partial charge in [-0.15, -0.1) is 0 Å². The van der Waals surface area contributed by atoms with E-state index >= 15 is 0 Å². The Morgan fingerprint density at radius 2 is 1.94 bits per heavy atom. The molecule has 0 bridgehead atoms. The minimum absolute atomic E-state index is 0.245. The van der Waals surface area contributed by atoms with E-state index in [9.17, 15) is 0 Å². The molecule has 1 aliphatic heterocycles. The van der Waals surface area contributed by atoms with Crippen molar-refractivity contribution in [2.45, 2.75) is 58.0 Å². The molecule has 3 nitrogen and oxygen atoms in total. The molecule has 2 rings (SSSR count). The van der Waals surface area contributed by atoms with E-state index in [2.05, 4.69) is 31.0 Å². The van der Waals surface area contributed by atoms with Gasteiger partial charge in [0.05, 0.1) is 13.2 Å². The first-order chi connectivity index (χ1) is 8.64. The van der Waals surface area contributed by atoms with Crippen molar-refractivity contribution in [3.05, 3.63) is 0 Å². The smallest absolute Gasteiger partial charge is 0.0594 e. The fourth-order valence-electron chi connectivity index (χ4n) is 3.29. The fourth-order valence-corrected chi connectivity index (χ4v) is 3.29. The van der Waals surface area contributed by atoms with Gasteiger partial charge in [-0.25, -0.2) is 0 Å². The molecule has 106 valence electrons. The molecule has 1 unspecified atom stereocenters. The summed E-state index contributed by atoms with van der Waals surface area (Å²) in [5.74, 6) is 0.967. The molecule has 18 heavy (non-hydrogen) atoms. The van der Waals surface area contributed by atoms with E-state index in [1.165, 1.54) is 25.7 Å². The molecule has 2 fully saturated rings. The van der Waals surface area contributed by atoms with E-state index in [0.29, 0.717) is 6.04 Å². The van der Waals surface area contributed by atoms with E-state index in [0.717, 1.165) is 38.8 Å². The third-order valence-corrected chi connectivity index (χ3v) is 4.92. The van der Waals surface area contributed by atoms with Crippen molar-refractivity contribution >= 4 is 0 Å². The maximum Gasteiger partial charge on any atom is 0.0594 e. The molecule has 1 saturated heterocycles. The van der Waals surface area contributed by atoms with Crippen LogP contribution < -0.4 is 5.32 Å². The van der Waals surface area contributed by atoms with Crippen LogP contribution in [0.25, 0.3) is 0 Å². The van der Waals surface area contributed by atoms with Gasteiger partial charge in [0.1, 0.15) is 0 Å². The Hall–Kier alpha value is -0.120. The summed E-state index contributed by atoms with van der Waals surface area (Å²) in [4.78, 5) is 2.61. The Morgan fingerprint density at radius 3 is 2.44 bits per heavy atom. The van der Waals surface area contributed by atoms with Crippen LogP contribution in [0.2, 0.25) is 0 Å². The number of ether oxygens (including phenoxy) is 1. The van der Waals surface area contributed by atoms with Crippen molar-refractivity contribution in [3.8, 4) is 0 Å². The summed E-state index contributed by atoms with van der Waals surface area (Å²) in [7, 11) is 0. The topological polar surface area (TPSA) is 24.5 Å². The molecule has 0 aromatic carbocycles.